The second-order valence-electron chi connectivity index (χ2n) is 13.6. The van der Waals surface area contributed by atoms with Crippen molar-refractivity contribution in [1.82, 2.24) is 9.97 Å². The maximum absolute atomic E-state index is 5.32. The van der Waals surface area contributed by atoms with E-state index in [1.807, 2.05) is 0 Å². The number of rotatable bonds is 2. The van der Waals surface area contributed by atoms with Gasteiger partial charge in [0.2, 0.25) is 0 Å². The van der Waals surface area contributed by atoms with Gasteiger partial charge in [-0.2, -0.15) is 0 Å². The van der Waals surface area contributed by atoms with E-state index < -0.39 is 5.41 Å². The Hall–Kier alpha value is -6.64. The standard InChI is InChI=1S/C49H30N2/c1-2-15-33(16-3-1)47-40-22-10-13-25-44(40)50-48(51-47)34-29-28-32-27-26-31-14-4-11-23-41(31)49(43(32)30-34)42-24-12-9-21-39(42)45-37-19-7-5-17-35(37)36-18-6-8-20-38(36)46(45)49/h1-30H. The maximum atomic E-state index is 5.32. The zero-order chi connectivity index (χ0) is 33.5. The number of fused-ring (bicyclic) bond motifs is 15. The molecule has 2 heteroatoms. The maximum Gasteiger partial charge on any atom is 0.160 e. The summed E-state index contributed by atoms with van der Waals surface area (Å²) >= 11 is 0. The van der Waals surface area contributed by atoms with Crippen molar-refractivity contribution in [3.8, 4) is 33.8 Å². The van der Waals surface area contributed by atoms with Gasteiger partial charge < -0.3 is 0 Å². The molecule has 1 atom stereocenters. The van der Waals surface area contributed by atoms with E-state index in [4.69, 9.17) is 9.97 Å². The molecule has 0 saturated carbocycles. The second kappa shape index (κ2) is 10.7. The molecule has 0 N–H and O–H groups in total. The molecule has 9 aromatic rings. The summed E-state index contributed by atoms with van der Waals surface area (Å²) < 4.78 is 0. The van der Waals surface area contributed by atoms with Crippen LogP contribution in [0.5, 0.6) is 0 Å². The van der Waals surface area contributed by atoms with Gasteiger partial charge in [-0.15, -0.1) is 0 Å². The molecule has 11 rings (SSSR count). The van der Waals surface area contributed by atoms with Gasteiger partial charge in [0.05, 0.1) is 16.6 Å². The zero-order valence-corrected chi connectivity index (χ0v) is 27.7. The number of hydrogen-bond donors (Lipinski definition) is 0. The molecular formula is C49H30N2. The molecule has 51 heavy (non-hydrogen) atoms. The van der Waals surface area contributed by atoms with Crippen molar-refractivity contribution < 1.29 is 0 Å². The van der Waals surface area contributed by atoms with Gasteiger partial charge in [-0.1, -0.05) is 170 Å². The highest BCUT2D eigenvalue weighted by molar-refractivity contribution is 6.19. The minimum absolute atomic E-state index is 0.597. The number of benzene rings is 8. The van der Waals surface area contributed by atoms with Crippen molar-refractivity contribution in [3.05, 3.63) is 203 Å². The minimum atomic E-state index is -0.597. The molecule has 0 saturated heterocycles. The first-order valence-electron chi connectivity index (χ1n) is 17.6. The molecule has 0 aliphatic heterocycles. The Kier molecular flexibility index (Phi) is 5.91. The smallest absolute Gasteiger partial charge is 0.160 e. The van der Waals surface area contributed by atoms with Gasteiger partial charge in [0, 0.05) is 16.5 Å². The van der Waals surface area contributed by atoms with Crippen LogP contribution in [0.15, 0.2) is 170 Å². The molecule has 0 radical (unpaired) electrons. The molecule has 1 spiro atoms. The van der Waals surface area contributed by atoms with Crippen LogP contribution in [0, 0.1) is 0 Å². The molecule has 0 fully saturated rings. The summed E-state index contributed by atoms with van der Waals surface area (Å²) in [5.74, 6) is 0.724. The Balaban J connectivity index is 1.30. The van der Waals surface area contributed by atoms with Crippen LogP contribution in [-0.4, -0.2) is 9.97 Å². The molecule has 2 aliphatic rings. The van der Waals surface area contributed by atoms with Gasteiger partial charge >= 0.3 is 0 Å². The normalized spacial score (nSPS) is 15.5. The second-order valence-corrected chi connectivity index (χ2v) is 13.6. The fourth-order valence-corrected chi connectivity index (χ4v) is 9.03. The number of nitrogens with zero attached hydrogens (tertiary/aromatic N) is 2. The van der Waals surface area contributed by atoms with Crippen molar-refractivity contribution in [2.24, 2.45) is 0 Å². The quantitative estimate of drug-likeness (QED) is 0.175. The highest BCUT2D eigenvalue weighted by atomic mass is 14.9. The van der Waals surface area contributed by atoms with E-state index in [0.29, 0.717) is 0 Å². The summed E-state index contributed by atoms with van der Waals surface area (Å²) in [6.07, 6.45) is 4.60. The Bertz CT molecular complexity index is 2920. The van der Waals surface area contributed by atoms with Crippen molar-refractivity contribution in [2.75, 3.05) is 0 Å². The Morgan fingerprint density at radius 1 is 0.392 bits per heavy atom. The SMILES string of the molecule is C1=Cc2ccc(-c3nc(-c4ccccc4)c4ccccc4n3)cc2C2(c3ccccc31)c1ccccc1-c1c2c2ccccc2c2ccccc12. The molecule has 8 aromatic carbocycles. The molecule has 236 valence electrons. The zero-order valence-electron chi connectivity index (χ0n) is 27.7. The fraction of sp³-hybridized carbons (Fsp3) is 0.0204. The van der Waals surface area contributed by atoms with Gasteiger partial charge in [0.15, 0.2) is 5.82 Å². The lowest BCUT2D eigenvalue weighted by atomic mass is 9.64. The lowest BCUT2D eigenvalue weighted by molar-refractivity contribution is 0.774. The van der Waals surface area contributed by atoms with Crippen molar-refractivity contribution in [1.29, 1.82) is 0 Å². The average Bonchev–Trinajstić information content (AvgIpc) is 3.44. The number of hydrogen-bond acceptors (Lipinski definition) is 2. The monoisotopic (exact) mass is 646 g/mol. The molecule has 1 aromatic heterocycles. The van der Waals surface area contributed by atoms with Gasteiger partial charge in [-0.3, -0.25) is 0 Å². The van der Waals surface area contributed by atoms with Crippen LogP contribution >= 0.6 is 0 Å². The summed E-state index contributed by atoms with van der Waals surface area (Å²) in [7, 11) is 0. The van der Waals surface area contributed by atoms with Crippen molar-refractivity contribution >= 4 is 44.6 Å². The topological polar surface area (TPSA) is 25.8 Å². The summed E-state index contributed by atoms with van der Waals surface area (Å²) in [4.78, 5) is 10.5. The summed E-state index contributed by atoms with van der Waals surface area (Å²) in [6, 6.07) is 61.7. The lowest BCUT2D eigenvalue weighted by Crippen LogP contribution is -2.30. The third-order valence-electron chi connectivity index (χ3n) is 11.1. The van der Waals surface area contributed by atoms with E-state index in [2.05, 4.69) is 182 Å². The molecule has 1 heterocycles. The van der Waals surface area contributed by atoms with Crippen molar-refractivity contribution in [2.45, 2.75) is 5.41 Å². The third-order valence-corrected chi connectivity index (χ3v) is 11.1. The van der Waals surface area contributed by atoms with Gasteiger partial charge in [-0.25, -0.2) is 9.97 Å². The van der Waals surface area contributed by atoms with E-state index in [1.54, 1.807) is 0 Å². The predicted molar refractivity (Wildman–Crippen MR) is 212 cm³/mol. The minimum Gasteiger partial charge on any atom is -0.228 e. The van der Waals surface area contributed by atoms with E-state index in [1.165, 1.54) is 66.1 Å². The largest absolute Gasteiger partial charge is 0.228 e. The molecule has 2 aliphatic carbocycles. The molecule has 0 bridgehead atoms. The molecule has 2 nitrogen and oxygen atoms in total. The Morgan fingerprint density at radius 2 is 1.00 bits per heavy atom. The average molecular weight is 647 g/mol. The first-order valence-corrected chi connectivity index (χ1v) is 17.6. The van der Waals surface area contributed by atoms with Crippen LogP contribution in [-0.2, 0) is 5.41 Å². The van der Waals surface area contributed by atoms with Crippen LogP contribution < -0.4 is 0 Å². The van der Waals surface area contributed by atoms with Crippen LogP contribution in [0.1, 0.15) is 33.4 Å². The summed E-state index contributed by atoms with van der Waals surface area (Å²) in [6.45, 7) is 0. The molecule has 1 unspecified atom stereocenters. The molecule has 0 amide bonds. The Labute approximate surface area is 296 Å². The van der Waals surface area contributed by atoms with Gasteiger partial charge in [-0.05, 0) is 78.2 Å². The third kappa shape index (κ3) is 3.87. The van der Waals surface area contributed by atoms with Gasteiger partial charge in [0.25, 0.3) is 0 Å². The summed E-state index contributed by atoms with van der Waals surface area (Å²) in [5, 5.41) is 6.17. The predicted octanol–water partition coefficient (Wildman–Crippen LogP) is 12.1. The first kappa shape index (κ1) is 28.2. The number of aromatic nitrogens is 2. The van der Waals surface area contributed by atoms with Crippen LogP contribution in [0.2, 0.25) is 0 Å². The number of para-hydroxylation sites is 1. The lowest BCUT2D eigenvalue weighted by Gasteiger charge is -2.36. The van der Waals surface area contributed by atoms with E-state index in [-0.39, 0.29) is 0 Å². The van der Waals surface area contributed by atoms with E-state index in [9.17, 15) is 0 Å². The van der Waals surface area contributed by atoms with Crippen LogP contribution in [0.25, 0.3) is 78.4 Å². The van der Waals surface area contributed by atoms with Gasteiger partial charge in [0.1, 0.15) is 0 Å². The Morgan fingerprint density at radius 3 is 1.82 bits per heavy atom. The van der Waals surface area contributed by atoms with E-state index >= 15 is 0 Å². The van der Waals surface area contributed by atoms with E-state index in [0.717, 1.165) is 33.5 Å². The van der Waals surface area contributed by atoms with Crippen LogP contribution in [0.4, 0.5) is 0 Å². The van der Waals surface area contributed by atoms with Crippen LogP contribution in [0.3, 0.4) is 0 Å². The fourth-order valence-electron chi connectivity index (χ4n) is 9.03. The first-order chi connectivity index (χ1) is 25.3. The molecular weight excluding hydrogens is 617 g/mol. The highest BCUT2D eigenvalue weighted by Gasteiger charge is 2.50. The summed E-state index contributed by atoms with van der Waals surface area (Å²) in [5.41, 5.74) is 13.6. The highest BCUT2D eigenvalue weighted by Crippen LogP contribution is 2.62. The van der Waals surface area contributed by atoms with Crippen molar-refractivity contribution in [3.63, 3.8) is 0 Å².